The van der Waals surface area contributed by atoms with Gasteiger partial charge in [0.25, 0.3) is 0 Å². The Balaban J connectivity index is 1.46. The Labute approximate surface area is 181 Å². The number of hydrogen-bond donors (Lipinski definition) is 3. The third kappa shape index (κ3) is 3.11. The van der Waals surface area contributed by atoms with Crippen molar-refractivity contribution in [3.63, 3.8) is 0 Å². The number of hydrogen-bond acceptors (Lipinski definition) is 8. The van der Waals surface area contributed by atoms with Crippen LogP contribution in [-0.4, -0.2) is 58.9 Å². The summed E-state index contributed by atoms with van der Waals surface area (Å²) in [5.41, 5.74) is 3.29. The first-order valence-electron chi connectivity index (χ1n) is 11.0. The van der Waals surface area contributed by atoms with E-state index in [0.717, 1.165) is 72.6 Å². The second-order valence-corrected chi connectivity index (χ2v) is 8.88. The number of aromatic nitrogens is 4. The molecule has 2 fully saturated rings. The number of imidazole rings is 1. The predicted octanol–water partition coefficient (Wildman–Crippen LogP) is 1.67. The summed E-state index contributed by atoms with van der Waals surface area (Å²) < 4.78 is 7.73. The van der Waals surface area contributed by atoms with E-state index in [9.17, 15) is 0 Å². The van der Waals surface area contributed by atoms with Crippen LogP contribution in [-0.2, 0) is 23.9 Å². The lowest BCUT2D eigenvalue weighted by atomic mass is 9.99. The second-order valence-electron chi connectivity index (χ2n) is 8.88. The molecule has 3 N–H and O–H groups in total. The van der Waals surface area contributed by atoms with Gasteiger partial charge in [0.05, 0.1) is 24.6 Å². The fourth-order valence-corrected chi connectivity index (χ4v) is 4.63. The highest BCUT2D eigenvalue weighted by Crippen LogP contribution is 2.39. The molecule has 6 rings (SSSR count). The van der Waals surface area contributed by atoms with Crippen molar-refractivity contribution in [3.8, 4) is 0 Å². The Morgan fingerprint density at radius 2 is 1.77 bits per heavy atom. The van der Waals surface area contributed by atoms with Crippen molar-refractivity contribution in [1.82, 2.24) is 24.8 Å². The Kier molecular flexibility index (Phi) is 4.29. The molecule has 3 aliphatic rings. The number of nitrogens with one attached hydrogen (secondary N) is 3. The van der Waals surface area contributed by atoms with E-state index in [1.807, 2.05) is 12.1 Å². The average Bonchev–Trinajstić information content (AvgIpc) is 3.28. The maximum atomic E-state index is 5.59. The van der Waals surface area contributed by atoms with Crippen LogP contribution in [0.5, 0.6) is 0 Å². The molecule has 0 aliphatic carbocycles. The maximum absolute atomic E-state index is 5.59. The summed E-state index contributed by atoms with van der Waals surface area (Å²) in [6, 6.07) is 8.21. The van der Waals surface area contributed by atoms with Gasteiger partial charge in [0.15, 0.2) is 28.5 Å². The Morgan fingerprint density at radius 3 is 2.42 bits per heavy atom. The van der Waals surface area contributed by atoms with Crippen LogP contribution < -0.4 is 20.9 Å². The van der Waals surface area contributed by atoms with Crippen LogP contribution in [0, 0.1) is 5.92 Å². The van der Waals surface area contributed by atoms with Gasteiger partial charge in [0.1, 0.15) is 5.82 Å². The van der Waals surface area contributed by atoms with Gasteiger partial charge in [-0.25, -0.2) is 15.0 Å². The van der Waals surface area contributed by atoms with Gasteiger partial charge < -0.3 is 30.2 Å². The maximum Gasteiger partial charge on any atom is 0.178 e. The molecule has 0 amide bonds. The molecule has 9 heteroatoms. The second kappa shape index (κ2) is 7.06. The average molecular weight is 421 g/mol. The van der Waals surface area contributed by atoms with Gasteiger partial charge in [-0.05, 0) is 38.1 Å². The van der Waals surface area contributed by atoms with Gasteiger partial charge in [0.2, 0.25) is 0 Å². The van der Waals surface area contributed by atoms with Crippen molar-refractivity contribution >= 4 is 28.4 Å². The minimum Gasteiger partial charge on any atom is -0.378 e. The third-order valence-electron chi connectivity index (χ3n) is 6.58. The molecule has 2 saturated heterocycles. The molecule has 0 atom stereocenters. The molecular weight excluding hydrogens is 392 g/mol. The zero-order valence-corrected chi connectivity index (χ0v) is 18.0. The largest absolute Gasteiger partial charge is 0.378 e. The molecule has 9 nitrogen and oxygen atoms in total. The van der Waals surface area contributed by atoms with Gasteiger partial charge in [-0.1, -0.05) is 12.1 Å². The number of fused-ring (bicyclic) bond motifs is 2. The van der Waals surface area contributed by atoms with Crippen LogP contribution >= 0.6 is 0 Å². The van der Waals surface area contributed by atoms with E-state index >= 15 is 0 Å². The summed E-state index contributed by atoms with van der Waals surface area (Å²) in [5.74, 6) is 3.33. The van der Waals surface area contributed by atoms with Crippen molar-refractivity contribution in [2.45, 2.75) is 19.0 Å². The van der Waals surface area contributed by atoms with Crippen molar-refractivity contribution in [1.29, 1.82) is 0 Å². The van der Waals surface area contributed by atoms with Crippen molar-refractivity contribution in [3.05, 3.63) is 35.9 Å². The minimum absolute atomic E-state index is 0.596. The topological polar surface area (TPSA) is 92.2 Å². The van der Waals surface area contributed by atoms with Crippen LogP contribution in [0.2, 0.25) is 0 Å². The lowest BCUT2D eigenvalue weighted by molar-refractivity contribution is 0.122. The zero-order chi connectivity index (χ0) is 21.0. The molecule has 1 aromatic carbocycles. The fraction of sp³-hybridized carbons (Fsp3) is 0.500. The van der Waals surface area contributed by atoms with Crippen LogP contribution in [0.1, 0.15) is 18.6 Å². The summed E-state index contributed by atoms with van der Waals surface area (Å²) in [4.78, 5) is 17.4. The standard InChI is InChI=1S/C22H28N8O/c1-22(27-15-5-3-4-6-16(15)28-22)21-25-19-18(20(26-21)30-7-9-31-10-8-30)24-17(29(19)2)11-14-12-23-13-14/h3-6,14,23,27-28H,7-13H2,1-2H3. The predicted molar refractivity (Wildman–Crippen MR) is 120 cm³/mol. The van der Waals surface area contributed by atoms with Gasteiger partial charge >= 0.3 is 0 Å². The smallest absolute Gasteiger partial charge is 0.178 e. The van der Waals surface area contributed by atoms with E-state index in [4.69, 9.17) is 19.7 Å². The quantitative estimate of drug-likeness (QED) is 0.587. The SMILES string of the molecule is Cn1c(CC2CNC2)nc2c(N3CCOCC3)nc(C3(C)Nc4ccccc4N3)nc21. The number of nitrogens with zero attached hydrogens (tertiary/aromatic N) is 5. The number of benzene rings is 1. The number of ether oxygens (including phenoxy) is 1. The van der Waals surface area contributed by atoms with Gasteiger partial charge in [-0.2, -0.15) is 0 Å². The number of morpholine rings is 1. The highest BCUT2D eigenvalue weighted by atomic mass is 16.5. The number of rotatable bonds is 4. The fourth-order valence-electron chi connectivity index (χ4n) is 4.63. The lowest BCUT2D eigenvalue weighted by Gasteiger charge is -2.30. The van der Waals surface area contributed by atoms with Gasteiger partial charge in [0, 0.05) is 26.6 Å². The number of aryl methyl sites for hydroxylation is 1. The van der Waals surface area contributed by atoms with E-state index in [1.165, 1.54) is 0 Å². The van der Waals surface area contributed by atoms with Crippen molar-refractivity contribution < 1.29 is 4.74 Å². The number of anilines is 3. The summed E-state index contributed by atoms with van der Waals surface area (Å²) in [5, 5.41) is 10.5. The Morgan fingerprint density at radius 1 is 1.06 bits per heavy atom. The first kappa shape index (κ1) is 18.8. The first-order valence-corrected chi connectivity index (χ1v) is 11.0. The highest BCUT2D eigenvalue weighted by Gasteiger charge is 2.38. The van der Waals surface area contributed by atoms with E-state index in [2.05, 4.69) is 51.5 Å². The normalized spacial score (nSPS) is 20.3. The summed E-state index contributed by atoms with van der Waals surface area (Å²) >= 11 is 0. The van der Waals surface area contributed by atoms with Crippen LogP contribution in [0.3, 0.4) is 0 Å². The molecular formula is C22H28N8O. The van der Waals surface area contributed by atoms with Crippen LogP contribution in [0.4, 0.5) is 17.2 Å². The molecule has 5 heterocycles. The third-order valence-corrected chi connectivity index (χ3v) is 6.58. The zero-order valence-electron chi connectivity index (χ0n) is 18.0. The molecule has 3 aromatic rings. The molecule has 31 heavy (non-hydrogen) atoms. The van der Waals surface area contributed by atoms with Crippen LogP contribution in [0.25, 0.3) is 11.2 Å². The molecule has 0 bridgehead atoms. The van der Waals surface area contributed by atoms with E-state index in [-0.39, 0.29) is 0 Å². The summed E-state index contributed by atoms with van der Waals surface area (Å²) in [6.07, 6.45) is 0.955. The minimum atomic E-state index is -0.596. The molecule has 0 saturated carbocycles. The van der Waals surface area contributed by atoms with E-state index in [1.54, 1.807) is 0 Å². The van der Waals surface area contributed by atoms with Crippen molar-refractivity contribution in [2.75, 3.05) is 54.9 Å². The summed E-state index contributed by atoms with van der Waals surface area (Å²) in [7, 11) is 2.07. The van der Waals surface area contributed by atoms with E-state index in [0.29, 0.717) is 19.1 Å². The Hall–Kier alpha value is -2.91. The van der Waals surface area contributed by atoms with Gasteiger partial charge in [-0.15, -0.1) is 0 Å². The van der Waals surface area contributed by atoms with Crippen LogP contribution in [0.15, 0.2) is 24.3 Å². The molecule has 162 valence electrons. The first-order chi connectivity index (χ1) is 15.1. The summed E-state index contributed by atoms with van der Waals surface area (Å²) in [6.45, 7) is 7.22. The molecule has 0 spiro atoms. The van der Waals surface area contributed by atoms with Gasteiger partial charge in [-0.3, -0.25) is 0 Å². The van der Waals surface area contributed by atoms with Crippen molar-refractivity contribution in [2.24, 2.45) is 13.0 Å². The Bertz CT molecular complexity index is 1110. The lowest BCUT2D eigenvalue weighted by Crippen LogP contribution is -2.43. The molecule has 2 aromatic heterocycles. The van der Waals surface area contributed by atoms with E-state index < -0.39 is 5.66 Å². The molecule has 0 radical (unpaired) electrons. The number of para-hydroxylation sites is 2. The molecule has 3 aliphatic heterocycles. The molecule has 0 unspecified atom stereocenters. The highest BCUT2D eigenvalue weighted by molar-refractivity contribution is 5.85. The monoisotopic (exact) mass is 420 g/mol.